The van der Waals surface area contributed by atoms with Crippen LogP contribution in [0.5, 0.6) is 0 Å². The monoisotopic (exact) mass is 396 g/mol. The smallest absolute Gasteiger partial charge is 0.296 e. The maximum Gasteiger partial charge on any atom is 0.296 e. The van der Waals surface area contributed by atoms with Gasteiger partial charge in [0.15, 0.2) is 0 Å². The highest BCUT2D eigenvalue weighted by molar-refractivity contribution is 7.90. The lowest BCUT2D eigenvalue weighted by Gasteiger charge is -2.24. The SMILES string of the molecule is CCCCC1Cc2c(C)c(NS(N)(=O)=O)c(C)c(NC(=O)C(C)(C)C)c2N1. The van der Waals surface area contributed by atoms with Crippen LogP contribution in [0.1, 0.15) is 63.6 Å². The molecule has 1 atom stereocenters. The number of carbonyl (C=O) groups excluding carboxylic acids is 1. The summed E-state index contributed by atoms with van der Waals surface area (Å²) in [6.07, 6.45) is 4.03. The maximum atomic E-state index is 12.6. The Kier molecular flexibility index (Phi) is 6.11. The molecular weight excluding hydrogens is 364 g/mol. The molecule has 0 spiro atoms. The number of fused-ring (bicyclic) bond motifs is 1. The molecule has 0 fully saturated rings. The van der Waals surface area contributed by atoms with Crippen LogP contribution >= 0.6 is 0 Å². The lowest BCUT2D eigenvalue weighted by atomic mass is 9.93. The van der Waals surface area contributed by atoms with Gasteiger partial charge in [0.05, 0.1) is 17.1 Å². The molecule has 1 aliphatic heterocycles. The summed E-state index contributed by atoms with van der Waals surface area (Å²) in [5, 5.41) is 11.8. The molecule has 0 radical (unpaired) electrons. The largest absolute Gasteiger partial charge is 0.380 e. The first-order valence-electron chi connectivity index (χ1n) is 9.39. The Hall–Kier alpha value is -1.80. The van der Waals surface area contributed by atoms with Crippen molar-refractivity contribution in [3.8, 4) is 0 Å². The zero-order valence-corrected chi connectivity index (χ0v) is 17.9. The predicted molar refractivity (Wildman–Crippen MR) is 111 cm³/mol. The second kappa shape index (κ2) is 7.67. The second-order valence-electron chi connectivity index (χ2n) is 8.39. The molecule has 1 aromatic rings. The number of anilines is 3. The van der Waals surface area contributed by atoms with E-state index in [9.17, 15) is 13.2 Å². The van der Waals surface area contributed by atoms with Crippen molar-refractivity contribution in [1.29, 1.82) is 0 Å². The van der Waals surface area contributed by atoms with Crippen LogP contribution in [-0.4, -0.2) is 20.4 Å². The number of carbonyl (C=O) groups is 1. The molecule has 5 N–H and O–H groups in total. The van der Waals surface area contributed by atoms with E-state index in [-0.39, 0.29) is 11.9 Å². The lowest BCUT2D eigenvalue weighted by Crippen LogP contribution is -2.29. The number of amides is 1. The Morgan fingerprint density at radius 3 is 2.37 bits per heavy atom. The third kappa shape index (κ3) is 4.93. The predicted octanol–water partition coefficient (Wildman–Crippen LogP) is 3.43. The Bertz CT molecular complexity index is 842. The van der Waals surface area contributed by atoms with E-state index >= 15 is 0 Å². The molecule has 0 aromatic heterocycles. The first kappa shape index (κ1) is 21.5. The summed E-state index contributed by atoms with van der Waals surface area (Å²) >= 11 is 0. The first-order valence-corrected chi connectivity index (χ1v) is 10.9. The average molecular weight is 397 g/mol. The van der Waals surface area contributed by atoms with Gasteiger partial charge in [0, 0.05) is 11.5 Å². The molecule has 0 saturated heterocycles. The van der Waals surface area contributed by atoms with E-state index in [1.807, 2.05) is 27.7 Å². The van der Waals surface area contributed by atoms with E-state index in [4.69, 9.17) is 5.14 Å². The van der Waals surface area contributed by atoms with E-state index in [0.717, 1.165) is 42.5 Å². The molecule has 0 saturated carbocycles. The van der Waals surface area contributed by atoms with E-state index in [1.165, 1.54) is 0 Å². The van der Waals surface area contributed by atoms with Crippen LogP contribution in [-0.2, 0) is 21.4 Å². The Labute approximate surface area is 162 Å². The molecule has 1 heterocycles. The van der Waals surface area contributed by atoms with Crippen molar-refractivity contribution in [2.75, 3.05) is 15.4 Å². The van der Waals surface area contributed by atoms with Crippen molar-refractivity contribution >= 4 is 33.2 Å². The number of benzene rings is 1. The summed E-state index contributed by atoms with van der Waals surface area (Å²) in [5.74, 6) is -0.128. The summed E-state index contributed by atoms with van der Waals surface area (Å²) < 4.78 is 25.8. The fraction of sp³-hybridized carbons (Fsp3) is 0.632. The zero-order chi connectivity index (χ0) is 20.6. The number of hydrogen-bond donors (Lipinski definition) is 4. The van der Waals surface area contributed by atoms with Gasteiger partial charge in [0.2, 0.25) is 5.91 Å². The van der Waals surface area contributed by atoms with Crippen LogP contribution in [0.2, 0.25) is 0 Å². The van der Waals surface area contributed by atoms with Gasteiger partial charge in [-0.3, -0.25) is 9.52 Å². The van der Waals surface area contributed by atoms with E-state index < -0.39 is 15.6 Å². The highest BCUT2D eigenvalue weighted by atomic mass is 32.2. The van der Waals surface area contributed by atoms with Gasteiger partial charge in [0.1, 0.15) is 0 Å². The van der Waals surface area contributed by atoms with Gasteiger partial charge in [0.25, 0.3) is 10.2 Å². The van der Waals surface area contributed by atoms with Crippen LogP contribution < -0.4 is 20.5 Å². The minimum atomic E-state index is -3.92. The van der Waals surface area contributed by atoms with Crippen LogP contribution in [0.25, 0.3) is 0 Å². The van der Waals surface area contributed by atoms with Gasteiger partial charge in [-0.25, -0.2) is 5.14 Å². The van der Waals surface area contributed by atoms with Gasteiger partial charge in [-0.2, -0.15) is 8.42 Å². The van der Waals surface area contributed by atoms with E-state index in [0.29, 0.717) is 16.9 Å². The summed E-state index contributed by atoms with van der Waals surface area (Å²) in [4.78, 5) is 12.6. The normalized spacial score (nSPS) is 16.6. The van der Waals surface area contributed by atoms with E-state index in [1.54, 1.807) is 6.92 Å². The molecule has 2 rings (SSSR count). The zero-order valence-electron chi connectivity index (χ0n) is 17.1. The molecule has 0 aliphatic carbocycles. The van der Waals surface area contributed by atoms with Gasteiger partial charge >= 0.3 is 0 Å². The Morgan fingerprint density at radius 2 is 1.85 bits per heavy atom. The fourth-order valence-corrected chi connectivity index (χ4v) is 3.97. The highest BCUT2D eigenvalue weighted by Gasteiger charge is 2.31. The fourth-order valence-electron chi connectivity index (χ4n) is 3.38. The third-order valence-electron chi connectivity index (χ3n) is 5.00. The van der Waals surface area contributed by atoms with Crippen molar-refractivity contribution in [1.82, 2.24) is 0 Å². The van der Waals surface area contributed by atoms with Crippen molar-refractivity contribution in [3.05, 3.63) is 16.7 Å². The highest BCUT2D eigenvalue weighted by Crippen LogP contribution is 2.44. The van der Waals surface area contributed by atoms with Gasteiger partial charge in [-0.05, 0) is 43.4 Å². The molecule has 7 nitrogen and oxygen atoms in total. The van der Waals surface area contributed by atoms with Crippen molar-refractivity contribution < 1.29 is 13.2 Å². The standard InChI is InChI=1S/C19H32N4O3S/c1-7-8-9-13-10-14-11(2)15(23-27(20,25)26)12(3)16(17(14)21-13)22-18(24)19(4,5)6/h13,21,23H,7-10H2,1-6H3,(H,22,24)(H2,20,25,26). The first-order chi connectivity index (χ1) is 12.3. The van der Waals surface area contributed by atoms with Crippen LogP contribution in [0, 0.1) is 19.3 Å². The summed E-state index contributed by atoms with van der Waals surface area (Å²) in [5.41, 5.74) is 3.91. The number of nitrogens with two attached hydrogens (primary N) is 1. The second-order valence-corrected chi connectivity index (χ2v) is 9.69. The topological polar surface area (TPSA) is 113 Å². The molecule has 1 aliphatic rings. The van der Waals surface area contributed by atoms with Crippen LogP contribution in [0.3, 0.4) is 0 Å². The molecular formula is C19H32N4O3S. The molecule has 1 aromatic carbocycles. The van der Waals surface area contributed by atoms with Gasteiger partial charge in [-0.1, -0.05) is 40.5 Å². The van der Waals surface area contributed by atoms with Crippen LogP contribution in [0.4, 0.5) is 17.1 Å². The van der Waals surface area contributed by atoms with Crippen molar-refractivity contribution in [2.24, 2.45) is 10.6 Å². The maximum absolute atomic E-state index is 12.6. The Balaban J connectivity index is 2.56. The molecule has 1 amide bonds. The number of rotatable bonds is 6. The molecule has 1 unspecified atom stereocenters. The minimum Gasteiger partial charge on any atom is -0.380 e. The Morgan fingerprint density at radius 1 is 1.22 bits per heavy atom. The van der Waals surface area contributed by atoms with Gasteiger partial charge in [-0.15, -0.1) is 0 Å². The third-order valence-corrected chi connectivity index (χ3v) is 5.49. The number of unbranched alkanes of at least 4 members (excludes halogenated alkanes) is 1. The van der Waals surface area contributed by atoms with Gasteiger partial charge < -0.3 is 10.6 Å². The quantitative estimate of drug-likeness (QED) is 0.590. The average Bonchev–Trinajstić information content (AvgIpc) is 2.95. The lowest BCUT2D eigenvalue weighted by molar-refractivity contribution is -0.123. The number of nitrogens with one attached hydrogen (secondary N) is 3. The molecule has 0 bridgehead atoms. The minimum absolute atomic E-state index is 0.128. The van der Waals surface area contributed by atoms with Crippen molar-refractivity contribution in [3.63, 3.8) is 0 Å². The number of hydrogen-bond acceptors (Lipinski definition) is 4. The molecule has 152 valence electrons. The summed E-state index contributed by atoms with van der Waals surface area (Å²) in [6.45, 7) is 11.4. The molecule has 27 heavy (non-hydrogen) atoms. The van der Waals surface area contributed by atoms with E-state index in [2.05, 4.69) is 22.3 Å². The summed E-state index contributed by atoms with van der Waals surface area (Å²) in [7, 11) is -3.92. The van der Waals surface area contributed by atoms with Crippen LogP contribution in [0.15, 0.2) is 0 Å². The molecule has 8 heteroatoms. The summed E-state index contributed by atoms with van der Waals surface area (Å²) in [6, 6.07) is 0.271. The van der Waals surface area contributed by atoms with Crippen molar-refractivity contribution in [2.45, 2.75) is 73.3 Å².